The van der Waals surface area contributed by atoms with Crippen LogP contribution in [0, 0.1) is 12.3 Å². The van der Waals surface area contributed by atoms with E-state index >= 15 is 0 Å². The van der Waals surface area contributed by atoms with Crippen molar-refractivity contribution in [1.82, 2.24) is 9.21 Å². The van der Waals surface area contributed by atoms with Crippen LogP contribution in [0.4, 0.5) is 0 Å². The Balaban J connectivity index is 1.99. The number of aliphatic hydroxyl groups is 1. The van der Waals surface area contributed by atoms with Gasteiger partial charge in [-0.15, -0.1) is 11.3 Å². The monoisotopic (exact) mass is 416 g/mol. The predicted octanol–water partition coefficient (Wildman–Crippen LogP) is 3.19. The molecule has 0 spiro atoms. The van der Waals surface area contributed by atoms with E-state index in [0.717, 1.165) is 28.5 Å². The molecule has 2 heterocycles. The maximum absolute atomic E-state index is 13.4. The number of fused-ring (bicyclic) bond motifs is 1. The topological polar surface area (TPSA) is 60.9 Å². The second-order valence-corrected chi connectivity index (χ2v) is 11.1. The van der Waals surface area contributed by atoms with Crippen LogP contribution in [0.25, 0.3) is 10.1 Å². The Morgan fingerprint density at radius 3 is 2.77 bits per heavy atom. The van der Waals surface area contributed by atoms with Crippen LogP contribution in [0.15, 0.2) is 22.4 Å². The van der Waals surface area contributed by atoms with Gasteiger partial charge in [-0.25, -0.2) is 8.42 Å². The molecule has 0 bridgehead atoms. The lowest BCUT2D eigenvalue weighted by Crippen LogP contribution is -2.51. The zero-order valence-electron chi connectivity index (χ0n) is 15.3. The third-order valence-electron chi connectivity index (χ3n) is 5.04. The number of aliphatic hydroxyl groups excluding tert-OH is 1. The number of aryl methyl sites for hydroxylation is 1. The summed E-state index contributed by atoms with van der Waals surface area (Å²) >= 11 is 7.37. The van der Waals surface area contributed by atoms with E-state index < -0.39 is 15.4 Å². The molecule has 8 heteroatoms. The first-order valence-corrected chi connectivity index (χ1v) is 11.3. The van der Waals surface area contributed by atoms with Crippen molar-refractivity contribution in [2.75, 3.05) is 40.3 Å². The van der Waals surface area contributed by atoms with Gasteiger partial charge in [0.05, 0.1) is 6.61 Å². The van der Waals surface area contributed by atoms with Crippen LogP contribution in [-0.2, 0) is 10.0 Å². The number of benzene rings is 1. The molecule has 144 valence electrons. The van der Waals surface area contributed by atoms with Crippen molar-refractivity contribution in [1.29, 1.82) is 0 Å². The molecule has 5 nitrogen and oxygen atoms in total. The maximum Gasteiger partial charge on any atom is 0.252 e. The van der Waals surface area contributed by atoms with E-state index in [-0.39, 0.29) is 6.61 Å². The largest absolute Gasteiger partial charge is 0.396 e. The quantitative estimate of drug-likeness (QED) is 0.813. The van der Waals surface area contributed by atoms with Crippen LogP contribution in [0.3, 0.4) is 0 Å². The highest BCUT2D eigenvalue weighted by Crippen LogP contribution is 2.39. The summed E-state index contributed by atoms with van der Waals surface area (Å²) in [6.07, 6.45) is 1.58. The Kier molecular flexibility index (Phi) is 5.68. The normalized spacial score (nSPS) is 22.4. The summed E-state index contributed by atoms with van der Waals surface area (Å²) in [6.45, 7) is 3.32. The second-order valence-electron chi connectivity index (χ2n) is 7.49. The van der Waals surface area contributed by atoms with Gasteiger partial charge in [0.25, 0.3) is 10.0 Å². The molecule has 1 aliphatic heterocycles. The van der Waals surface area contributed by atoms with E-state index in [9.17, 15) is 13.5 Å². The second kappa shape index (κ2) is 7.37. The van der Waals surface area contributed by atoms with E-state index in [2.05, 4.69) is 0 Å². The van der Waals surface area contributed by atoms with Crippen LogP contribution < -0.4 is 0 Å². The van der Waals surface area contributed by atoms with Crippen LogP contribution in [0.5, 0.6) is 0 Å². The lowest BCUT2D eigenvalue weighted by molar-refractivity contribution is 0.0410. The van der Waals surface area contributed by atoms with Gasteiger partial charge in [-0.2, -0.15) is 4.31 Å². The Hall–Kier alpha value is -0.700. The fourth-order valence-electron chi connectivity index (χ4n) is 3.88. The number of nitrogens with zero attached hydrogens (tertiary/aromatic N) is 2. The molecule has 1 aromatic heterocycles. The van der Waals surface area contributed by atoms with E-state index in [1.54, 1.807) is 10.4 Å². The fourth-order valence-corrected chi connectivity index (χ4v) is 7.53. The Morgan fingerprint density at radius 1 is 1.38 bits per heavy atom. The average Bonchev–Trinajstić information content (AvgIpc) is 2.91. The molecular formula is C18H25ClN2O3S2. The average molecular weight is 417 g/mol. The Morgan fingerprint density at radius 2 is 2.12 bits per heavy atom. The van der Waals surface area contributed by atoms with Crippen molar-refractivity contribution in [3.8, 4) is 0 Å². The van der Waals surface area contributed by atoms with Crippen molar-refractivity contribution < 1.29 is 13.5 Å². The molecule has 1 N–H and O–H groups in total. The first-order valence-electron chi connectivity index (χ1n) is 8.63. The van der Waals surface area contributed by atoms with E-state index in [1.807, 2.05) is 38.1 Å². The summed E-state index contributed by atoms with van der Waals surface area (Å²) < 4.78 is 29.6. The van der Waals surface area contributed by atoms with Crippen LogP contribution in [-0.4, -0.2) is 63.1 Å². The van der Waals surface area contributed by atoms with Crippen molar-refractivity contribution in [3.05, 3.63) is 28.8 Å². The molecule has 2 aromatic rings. The van der Waals surface area contributed by atoms with Gasteiger partial charge in [0.2, 0.25) is 0 Å². The number of rotatable bonds is 5. The molecule has 0 saturated carbocycles. The van der Waals surface area contributed by atoms with Crippen LogP contribution in [0.1, 0.15) is 18.4 Å². The minimum Gasteiger partial charge on any atom is -0.396 e. The van der Waals surface area contributed by atoms with E-state index in [1.165, 1.54) is 11.3 Å². The van der Waals surface area contributed by atoms with Gasteiger partial charge >= 0.3 is 0 Å². The fraction of sp³-hybridized carbons (Fsp3) is 0.556. The molecule has 3 rings (SSSR count). The van der Waals surface area contributed by atoms with E-state index in [0.29, 0.717) is 28.9 Å². The molecule has 1 fully saturated rings. The van der Waals surface area contributed by atoms with Gasteiger partial charge < -0.3 is 10.0 Å². The van der Waals surface area contributed by atoms with Gasteiger partial charge in [-0.05, 0) is 63.0 Å². The molecule has 0 aliphatic carbocycles. The number of hydrogen-bond acceptors (Lipinski definition) is 5. The minimum atomic E-state index is -3.61. The lowest BCUT2D eigenvalue weighted by atomic mass is 9.81. The van der Waals surface area contributed by atoms with Crippen LogP contribution >= 0.6 is 22.9 Å². The summed E-state index contributed by atoms with van der Waals surface area (Å²) in [5.74, 6) is 0. The van der Waals surface area contributed by atoms with Crippen molar-refractivity contribution >= 4 is 43.0 Å². The summed E-state index contributed by atoms with van der Waals surface area (Å²) in [5.41, 5.74) is 0.336. The third kappa shape index (κ3) is 3.66. The zero-order valence-corrected chi connectivity index (χ0v) is 17.7. The lowest BCUT2D eigenvalue weighted by Gasteiger charge is -2.42. The highest BCUT2D eigenvalue weighted by molar-refractivity contribution is 7.91. The molecule has 0 amide bonds. The minimum absolute atomic E-state index is 0.0157. The highest BCUT2D eigenvalue weighted by Gasteiger charge is 2.41. The number of hydrogen-bond donors (Lipinski definition) is 1. The molecule has 26 heavy (non-hydrogen) atoms. The number of halogens is 1. The van der Waals surface area contributed by atoms with E-state index in [4.69, 9.17) is 11.6 Å². The summed E-state index contributed by atoms with van der Waals surface area (Å²) in [7, 11) is 0.293. The predicted molar refractivity (Wildman–Crippen MR) is 108 cm³/mol. The smallest absolute Gasteiger partial charge is 0.252 e. The van der Waals surface area contributed by atoms with Gasteiger partial charge in [0, 0.05) is 34.8 Å². The first kappa shape index (κ1) is 20.0. The Labute approximate surface area is 164 Å². The van der Waals surface area contributed by atoms with Gasteiger partial charge in [-0.1, -0.05) is 11.6 Å². The first-order chi connectivity index (χ1) is 12.2. The highest BCUT2D eigenvalue weighted by atomic mass is 35.5. The molecule has 1 atom stereocenters. The molecule has 1 saturated heterocycles. The molecule has 1 aromatic carbocycles. The van der Waals surface area contributed by atoms with Crippen molar-refractivity contribution in [2.24, 2.45) is 5.41 Å². The summed E-state index contributed by atoms with van der Waals surface area (Å²) in [5, 5.41) is 11.5. The zero-order chi connectivity index (χ0) is 19.1. The maximum atomic E-state index is 13.4. The van der Waals surface area contributed by atoms with Crippen LogP contribution in [0.2, 0.25) is 5.02 Å². The number of sulfonamides is 1. The summed E-state index contributed by atoms with van der Waals surface area (Å²) in [4.78, 5) is 2.01. The van der Waals surface area contributed by atoms with Gasteiger partial charge in [-0.3, -0.25) is 0 Å². The summed E-state index contributed by atoms with van der Waals surface area (Å²) in [6, 6.07) is 5.47. The third-order valence-corrected chi connectivity index (χ3v) is 8.99. The number of piperidine rings is 1. The number of thiophene rings is 1. The molecular weight excluding hydrogens is 392 g/mol. The standard InChI is InChI=1S/C18H25ClN2O3S2/c1-13-15-9-14(19)5-6-16(15)25-17(13)26(23,24)21-8-4-7-18(11-21,12-22)10-20(2)3/h5-6,9,22H,4,7-8,10-12H2,1-3H3. The van der Waals surface area contributed by atoms with Crippen molar-refractivity contribution in [2.45, 2.75) is 24.0 Å². The van der Waals surface area contributed by atoms with Gasteiger partial charge in [0.15, 0.2) is 0 Å². The molecule has 1 aliphatic rings. The SMILES string of the molecule is Cc1c(S(=O)(=O)N2CCCC(CO)(CN(C)C)C2)sc2ccc(Cl)cc12. The van der Waals surface area contributed by atoms with Crippen molar-refractivity contribution in [3.63, 3.8) is 0 Å². The molecule has 0 radical (unpaired) electrons. The van der Waals surface area contributed by atoms with Gasteiger partial charge in [0.1, 0.15) is 4.21 Å². The Bertz CT molecular complexity index is 911. The molecule has 1 unspecified atom stereocenters.